The van der Waals surface area contributed by atoms with Crippen molar-refractivity contribution in [1.29, 1.82) is 0 Å². The Labute approximate surface area is 114 Å². The van der Waals surface area contributed by atoms with Gasteiger partial charge in [-0.15, -0.1) is 0 Å². The van der Waals surface area contributed by atoms with Crippen LogP contribution in [0.5, 0.6) is 5.75 Å². The number of aliphatic hydroxyl groups excluding tert-OH is 1. The molecule has 2 rings (SSSR count). The molecule has 1 heterocycles. The van der Waals surface area contributed by atoms with E-state index in [0.29, 0.717) is 6.54 Å². The first-order chi connectivity index (χ1) is 9.22. The molecule has 102 valence electrons. The monoisotopic (exact) mass is 260 g/mol. The summed E-state index contributed by atoms with van der Waals surface area (Å²) in [5, 5.41) is 9.57. The summed E-state index contributed by atoms with van der Waals surface area (Å²) >= 11 is 0. The molecule has 0 bridgehead atoms. The van der Waals surface area contributed by atoms with Crippen molar-refractivity contribution in [3.63, 3.8) is 0 Å². The van der Waals surface area contributed by atoms with Gasteiger partial charge in [-0.25, -0.2) is 0 Å². The van der Waals surface area contributed by atoms with Crippen LogP contribution < -0.4 is 10.5 Å². The Kier molecular flexibility index (Phi) is 4.80. The predicted molar refractivity (Wildman–Crippen MR) is 74.8 cm³/mol. The molecule has 1 aliphatic rings. The highest BCUT2D eigenvalue weighted by Crippen LogP contribution is 2.23. The fourth-order valence-corrected chi connectivity index (χ4v) is 2.33. The molecule has 1 saturated heterocycles. The van der Waals surface area contributed by atoms with Crippen molar-refractivity contribution in [2.75, 3.05) is 26.7 Å². The summed E-state index contributed by atoms with van der Waals surface area (Å²) in [5.74, 6) is 6.75. The Morgan fingerprint density at radius 1 is 1.53 bits per heavy atom. The van der Waals surface area contributed by atoms with E-state index in [0.717, 1.165) is 42.9 Å². The summed E-state index contributed by atoms with van der Waals surface area (Å²) in [6.45, 7) is 2.78. The van der Waals surface area contributed by atoms with E-state index in [4.69, 9.17) is 10.5 Å². The molecule has 0 radical (unpaired) electrons. The number of aliphatic hydroxyl groups is 1. The van der Waals surface area contributed by atoms with Crippen LogP contribution in [-0.2, 0) is 6.54 Å². The quantitative estimate of drug-likeness (QED) is 0.780. The zero-order valence-electron chi connectivity index (χ0n) is 11.2. The molecule has 0 aromatic heterocycles. The molecular weight excluding hydrogens is 240 g/mol. The Morgan fingerprint density at radius 2 is 2.37 bits per heavy atom. The number of ether oxygens (including phenoxy) is 1. The molecule has 1 atom stereocenters. The van der Waals surface area contributed by atoms with E-state index in [2.05, 4.69) is 16.7 Å². The van der Waals surface area contributed by atoms with Gasteiger partial charge in [-0.3, -0.25) is 4.90 Å². The predicted octanol–water partition coefficient (Wildman–Crippen LogP) is 0.572. The zero-order valence-corrected chi connectivity index (χ0v) is 11.2. The third-order valence-corrected chi connectivity index (χ3v) is 3.26. The van der Waals surface area contributed by atoms with Gasteiger partial charge in [0.15, 0.2) is 0 Å². The summed E-state index contributed by atoms with van der Waals surface area (Å²) in [4.78, 5) is 2.22. The highest BCUT2D eigenvalue weighted by atomic mass is 16.5. The van der Waals surface area contributed by atoms with Crippen LogP contribution in [-0.4, -0.2) is 42.9 Å². The highest BCUT2D eigenvalue weighted by molar-refractivity contribution is 5.44. The average molecular weight is 260 g/mol. The summed E-state index contributed by atoms with van der Waals surface area (Å²) in [5.41, 5.74) is 7.43. The van der Waals surface area contributed by atoms with Crippen molar-refractivity contribution in [3.05, 3.63) is 29.3 Å². The van der Waals surface area contributed by atoms with E-state index in [1.165, 1.54) is 0 Å². The van der Waals surface area contributed by atoms with Gasteiger partial charge in [0, 0.05) is 30.8 Å². The summed E-state index contributed by atoms with van der Waals surface area (Å²) in [6, 6.07) is 5.90. The second kappa shape index (κ2) is 6.58. The standard InChI is InChI=1S/C15H20N2O2/c1-19-15-5-4-12(3-2-7-16)9-13(15)10-17-8-6-14(18)11-17/h4-5,9,14,18H,6-8,10-11,16H2,1H3. The minimum Gasteiger partial charge on any atom is -0.496 e. The number of nitrogens with two attached hydrogens (primary N) is 1. The fraction of sp³-hybridized carbons (Fsp3) is 0.467. The molecular formula is C15H20N2O2. The largest absolute Gasteiger partial charge is 0.496 e. The molecule has 1 aliphatic heterocycles. The topological polar surface area (TPSA) is 58.7 Å². The van der Waals surface area contributed by atoms with Crippen molar-refractivity contribution < 1.29 is 9.84 Å². The Bertz CT molecular complexity index is 491. The van der Waals surface area contributed by atoms with E-state index in [-0.39, 0.29) is 6.10 Å². The first-order valence-corrected chi connectivity index (χ1v) is 6.49. The molecule has 1 aromatic carbocycles. The van der Waals surface area contributed by atoms with Gasteiger partial charge in [0.1, 0.15) is 5.75 Å². The molecule has 4 nitrogen and oxygen atoms in total. The van der Waals surface area contributed by atoms with Gasteiger partial charge in [0.25, 0.3) is 0 Å². The fourth-order valence-electron chi connectivity index (χ4n) is 2.33. The van der Waals surface area contributed by atoms with E-state index in [9.17, 15) is 5.11 Å². The molecule has 4 heteroatoms. The molecule has 0 amide bonds. The lowest BCUT2D eigenvalue weighted by atomic mass is 10.1. The van der Waals surface area contributed by atoms with Crippen molar-refractivity contribution >= 4 is 0 Å². The van der Waals surface area contributed by atoms with Gasteiger partial charge in [-0.05, 0) is 24.6 Å². The van der Waals surface area contributed by atoms with Crippen LogP contribution >= 0.6 is 0 Å². The number of nitrogens with zero attached hydrogens (tertiary/aromatic N) is 1. The van der Waals surface area contributed by atoms with Crippen LogP contribution in [0.15, 0.2) is 18.2 Å². The lowest BCUT2D eigenvalue weighted by Gasteiger charge is -2.17. The Hall–Kier alpha value is -1.54. The minimum atomic E-state index is -0.203. The SMILES string of the molecule is COc1ccc(C#CCN)cc1CN1CCC(O)C1. The second-order valence-electron chi connectivity index (χ2n) is 4.71. The van der Waals surface area contributed by atoms with Gasteiger partial charge >= 0.3 is 0 Å². The van der Waals surface area contributed by atoms with Crippen molar-refractivity contribution in [3.8, 4) is 17.6 Å². The number of hydrogen-bond acceptors (Lipinski definition) is 4. The molecule has 19 heavy (non-hydrogen) atoms. The third kappa shape index (κ3) is 3.71. The molecule has 0 saturated carbocycles. The van der Waals surface area contributed by atoms with Crippen molar-refractivity contribution in [2.24, 2.45) is 5.73 Å². The van der Waals surface area contributed by atoms with Crippen LogP contribution in [0.25, 0.3) is 0 Å². The lowest BCUT2D eigenvalue weighted by Crippen LogP contribution is -2.21. The molecule has 1 fully saturated rings. The molecule has 3 N–H and O–H groups in total. The van der Waals surface area contributed by atoms with Gasteiger partial charge in [-0.1, -0.05) is 11.8 Å². The van der Waals surface area contributed by atoms with Crippen molar-refractivity contribution in [1.82, 2.24) is 4.90 Å². The van der Waals surface area contributed by atoms with Crippen LogP contribution in [0, 0.1) is 11.8 Å². The number of likely N-dealkylation sites (tertiary alicyclic amines) is 1. The summed E-state index contributed by atoms with van der Waals surface area (Å²) in [6.07, 6.45) is 0.640. The number of rotatable bonds is 3. The molecule has 1 aromatic rings. The summed E-state index contributed by atoms with van der Waals surface area (Å²) < 4.78 is 5.38. The maximum atomic E-state index is 9.57. The van der Waals surface area contributed by atoms with Gasteiger partial charge in [-0.2, -0.15) is 0 Å². The maximum absolute atomic E-state index is 9.57. The van der Waals surface area contributed by atoms with Crippen LogP contribution in [0.2, 0.25) is 0 Å². The van der Waals surface area contributed by atoms with E-state index >= 15 is 0 Å². The average Bonchev–Trinajstić information content (AvgIpc) is 2.82. The highest BCUT2D eigenvalue weighted by Gasteiger charge is 2.21. The van der Waals surface area contributed by atoms with E-state index in [1.54, 1.807) is 7.11 Å². The van der Waals surface area contributed by atoms with E-state index < -0.39 is 0 Å². The van der Waals surface area contributed by atoms with E-state index in [1.807, 2.05) is 18.2 Å². The van der Waals surface area contributed by atoms with Gasteiger partial charge in [0.05, 0.1) is 19.8 Å². The molecule has 0 spiro atoms. The number of methoxy groups -OCH3 is 1. The molecule has 0 aliphatic carbocycles. The molecule has 1 unspecified atom stereocenters. The van der Waals surface area contributed by atoms with Crippen LogP contribution in [0.1, 0.15) is 17.5 Å². The number of hydrogen-bond donors (Lipinski definition) is 2. The maximum Gasteiger partial charge on any atom is 0.123 e. The van der Waals surface area contributed by atoms with Crippen LogP contribution in [0.3, 0.4) is 0 Å². The minimum absolute atomic E-state index is 0.203. The second-order valence-corrected chi connectivity index (χ2v) is 4.71. The summed E-state index contributed by atoms with van der Waals surface area (Å²) in [7, 11) is 1.67. The normalized spacial score (nSPS) is 19.0. The van der Waals surface area contributed by atoms with Crippen LogP contribution in [0.4, 0.5) is 0 Å². The number of benzene rings is 1. The smallest absolute Gasteiger partial charge is 0.123 e. The zero-order chi connectivity index (χ0) is 13.7. The van der Waals surface area contributed by atoms with Gasteiger partial charge in [0.2, 0.25) is 0 Å². The third-order valence-electron chi connectivity index (χ3n) is 3.26. The first kappa shape index (κ1) is 13.9. The first-order valence-electron chi connectivity index (χ1n) is 6.49. The Balaban J connectivity index is 2.16. The van der Waals surface area contributed by atoms with Crippen molar-refractivity contribution in [2.45, 2.75) is 19.1 Å². The number of β-amino-alcohol motifs (C(OH)–C–C–N with tert-alkyl or cyclic N) is 1. The van der Waals surface area contributed by atoms with Gasteiger partial charge < -0.3 is 15.6 Å². The Morgan fingerprint density at radius 3 is 3.00 bits per heavy atom. The lowest BCUT2D eigenvalue weighted by molar-refractivity contribution is 0.174.